The minimum atomic E-state index is 0.157. The van der Waals surface area contributed by atoms with Gasteiger partial charge < -0.3 is 4.74 Å². The summed E-state index contributed by atoms with van der Waals surface area (Å²) < 4.78 is 7.49. The zero-order valence-corrected chi connectivity index (χ0v) is 11.9. The molecule has 0 aliphatic rings. The van der Waals surface area contributed by atoms with E-state index in [9.17, 15) is 0 Å². The molecule has 14 heavy (non-hydrogen) atoms. The van der Waals surface area contributed by atoms with Gasteiger partial charge in [-0.15, -0.1) is 11.6 Å². The van der Waals surface area contributed by atoms with Crippen molar-refractivity contribution in [3.63, 3.8) is 0 Å². The van der Waals surface area contributed by atoms with Crippen molar-refractivity contribution in [1.82, 2.24) is 0 Å². The quantitative estimate of drug-likeness (QED) is 0.721. The van der Waals surface area contributed by atoms with E-state index in [1.807, 2.05) is 26.0 Å². The van der Waals surface area contributed by atoms with Crippen molar-refractivity contribution in [2.24, 2.45) is 0 Å². The van der Waals surface area contributed by atoms with Gasteiger partial charge in [0.2, 0.25) is 0 Å². The molecule has 0 unspecified atom stereocenters. The molecule has 0 aromatic heterocycles. The Kier molecular flexibility index (Phi) is 4.74. The van der Waals surface area contributed by atoms with Gasteiger partial charge in [-0.25, -0.2) is 0 Å². The van der Waals surface area contributed by atoms with Gasteiger partial charge in [-0.3, -0.25) is 0 Å². The molecule has 1 aromatic rings. The molecule has 0 atom stereocenters. The SMILES string of the molecule is CC(C)Oc1c(Br)cc(CCl)cc1Br. The molecule has 0 spiro atoms. The van der Waals surface area contributed by atoms with Gasteiger partial charge in [-0.1, -0.05) is 0 Å². The lowest BCUT2D eigenvalue weighted by Crippen LogP contribution is -2.06. The fourth-order valence-corrected chi connectivity index (χ4v) is 2.66. The minimum Gasteiger partial charge on any atom is -0.489 e. The lowest BCUT2D eigenvalue weighted by atomic mass is 10.2. The van der Waals surface area contributed by atoms with Gasteiger partial charge in [-0.2, -0.15) is 0 Å². The Hall–Kier alpha value is 0.270. The topological polar surface area (TPSA) is 9.23 Å². The molecule has 0 radical (unpaired) electrons. The van der Waals surface area contributed by atoms with Crippen LogP contribution in [0.1, 0.15) is 19.4 Å². The van der Waals surface area contributed by atoms with E-state index in [0.717, 1.165) is 20.3 Å². The summed E-state index contributed by atoms with van der Waals surface area (Å²) in [6.07, 6.45) is 0.157. The fraction of sp³-hybridized carbons (Fsp3) is 0.400. The van der Waals surface area contributed by atoms with Crippen LogP contribution in [0.15, 0.2) is 21.1 Å². The highest BCUT2D eigenvalue weighted by molar-refractivity contribution is 9.11. The lowest BCUT2D eigenvalue weighted by Gasteiger charge is -2.14. The van der Waals surface area contributed by atoms with E-state index in [1.165, 1.54) is 0 Å². The molecule has 0 N–H and O–H groups in total. The second-order valence-electron chi connectivity index (χ2n) is 3.19. The van der Waals surface area contributed by atoms with Gasteiger partial charge in [0.25, 0.3) is 0 Å². The third-order valence-corrected chi connectivity index (χ3v) is 3.05. The van der Waals surface area contributed by atoms with E-state index in [2.05, 4.69) is 31.9 Å². The number of hydrogen-bond donors (Lipinski definition) is 0. The fourth-order valence-electron chi connectivity index (χ4n) is 1.04. The predicted octanol–water partition coefficient (Wildman–Crippen LogP) is 4.74. The lowest BCUT2D eigenvalue weighted by molar-refractivity contribution is 0.239. The summed E-state index contributed by atoms with van der Waals surface area (Å²) in [4.78, 5) is 0. The number of halogens is 3. The Balaban J connectivity index is 3.05. The Morgan fingerprint density at radius 3 is 2.14 bits per heavy atom. The number of ether oxygens (including phenoxy) is 1. The Labute approximate surface area is 106 Å². The van der Waals surface area contributed by atoms with Crippen molar-refractivity contribution in [2.75, 3.05) is 0 Å². The van der Waals surface area contributed by atoms with E-state index in [4.69, 9.17) is 16.3 Å². The van der Waals surface area contributed by atoms with Crippen molar-refractivity contribution >= 4 is 43.5 Å². The Morgan fingerprint density at radius 2 is 1.79 bits per heavy atom. The summed E-state index contributed by atoms with van der Waals surface area (Å²) in [6, 6.07) is 3.94. The largest absolute Gasteiger partial charge is 0.489 e. The molecule has 0 fully saturated rings. The first-order chi connectivity index (χ1) is 6.54. The van der Waals surface area contributed by atoms with Crippen LogP contribution in [0.2, 0.25) is 0 Å². The Morgan fingerprint density at radius 1 is 1.29 bits per heavy atom. The highest BCUT2D eigenvalue weighted by atomic mass is 79.9. The van der Waals surface area contributed by atoms with Gasteiger partial charge in [0, 0.05) is 5.88 Å². The molecule has 0 saturated carbocycles. The van der Waals surface area contributed by atoms with E-state index >= 15 is 0 Å². The highest BCUT2D eigenvalue weighted by Crippen LogP contribution is 2.35. The molecule has 78 valence electrons. The standard InChI is InChI=1S/C10H11Br2ClO/c1-6(2)14-10-8(11)3-7(5-13)4-9(10)12/h3-4,6H,5H2,1-2H3. The molecule has 0 saturated heterocycles. The maximum atomic E-state index is 5.75. The van der Waals surface area contributed by atoms with E-state index in [1.54, 1.807) is 0 Å². The number of benzene rings is 1. The first-order valence-electron chi connectivity index (χ1n) is 4.25. The van der Waals surface area contributed by atoms with E-state index in [0.29, 0.717) is 5.88 Å². The second kappa shape index (κ2) is 5.38. The van der Waals surface area contributed by atoms with Crippen LogP contribution in [0, 0.1) is 0 Å². The van der Waals surface area contributed by atoms with Gasteiger partial charge in [0.1, 0.15) is 5.75 Å². The van der Waals surface area contributed by atoms with Crippen LogP contribution in [0.4, 0.5) is 0 Å². The molecule has 0 amide bonds. The van der Waals surface area contributed by atoms with Crippen molar-refractivity contribution in [1.29, 1.82) is 0 Å². The van der Waals surface area contributed by atoms with Crippen LogP contribution >= 0.6 is 43.5 Å². The normalized spacial score (nSPS) is 10.7. The molecule has 0 heterocycles. The summed E-state index contributed by atoms with van der Waals surface area (Å²) in [5.41, 5.74) is 1.06. The molecule has 1 aromatic carbocycles. The predicted molar refractivity (Wildman–Crippen MR) is 67.2 cm³/mol. The smallest absolute Gasteiger partial charge is 0.148 e. The van der Waals surface area contributed by atoms with Crippen molar-refractivity contribution < 1.29 is 4.74 Å². The average molecular weight is 342 g/mol. The minimum absolute atomic E-state index is 0.157. The monoisotopic (exact) mass is 340 g/mol. The number of hydrogen-bond acceptors (Lipinski definition) is 1. The van der Waals surface area contributed by atoms with Gasteiger partial charge in [-0.05, 0) is 63.4 Å². The second-order valence-corrected chi connectivity index (χ2v) is 5.16. The summed E-state index contributed by atoms with van der Waals surface area (Å²) in [6.45, 7) is 3.99. The van der Waals surface area contributed by atoms with Crippen LogP contribution in [0.25, 0.3) is 0 Å². The van der Waals surface area contributed by atoms with Gasteiger partial charge in [0.15, 0.2) is 0 Å². The van der Waals surface area contributed by atoms with Crippen LogP contribution in [0.3, 0.4) is 0 Å². The maximum absolute atomic E-state index is 5.75. The zero-order chi connectivity index (χ0) is 10.7. The van der Waals surface area contributed by atoms with Crippen molar-refractivity contribution in [3.8, 4) is 5.75 Å². The van der Waals surface area contributed by atoms with Crippen LogP contribution in [0.5, 0.6) is 5.75 Å². The average Bonchev–Trinajstić information content (AvgIpc) is 2.10. The molecule has 0 aliphatic heterocycles. The summed E-state index contributed by atoms with van der Waals surface area (Å²) in [5, 5.41) is 0. The Bertz CT molecular complexity index is 303. The van der Waals surface area contributed by atoms with Crippen molar-refractivity contribution in [2.45, 2.75) is 25.8 Å². The third kappa shape index (κ3) is 3.14. The van der Waals surface area contributed by atoms with E-state index in [-0.39, 0.29) is 6.10 Å². The summed E-state index contributed by atoms with van der Waals surface area (Å²) in [7, 11) is 0. The number of rotatable bonds is 3. The van der Waals surface area contributed by atoms with Crippen LogP contribution in [-0.4, -0.2) is 6.10 Å². The molecule has 4 heteroatoms. The number of alkyl halides is 1. The molecular weight excluding hydrogens is 331 g/mol. The van der Waals surface area contributed by atoms with Crippen LogP contribution in [-0.2, 0) is 5.88 Å². The summed E-state index contributed by atoms with van der Waals surface area (Å²) in [5.74, 6) is 1.33. The van der Waals surface area contributed by atoms with Gasteiger partial charge >= 0.3 is 0 Å². The van der Waals surface area contributed by atoms with E-state index < -0.39 is 0 Å². The zero-order valence-electron chi connectivity index (χ0n) is 7.98. The molecule has 1 nitrogen and oxygen atoms in total. The maximum Gasteiger partial charge on any atom is 0.148 e. The van der Waals surface area contributed by atoms with Gasteiger partial charge in [0.05, 0.1) is 15.0 Å². The highest BCUT2D eigenvalue weighted by Gasteiger charge is 2.09. The summed E-state index contributed by atoms with van der Waals surface area (Å²) >= 11 is 12.7. The first kappa shape index (κ1) is 12.3. The first-order valence-corrected chi connectivity index (χ1v) is 6.37. The molecule has 0 aliphatic carbocycles. The van der Waals surface area contributed by atoms with Crippen molar-refractivity contribution in [3.05, 3.63) is 26.6 Å². The molecular formula is C10H11Br2ClO. The molecule has 0 bridgehead atoms. The van der Waals surface area contributed by atoms with Crippen LogP contribution < -0.4 is 4.74 Å². The molecule has 1 rings (SSSR count). The third-order valence-electron chi connectivity index (χ3n) is 1.57.